The van der Waals surface area contributed by atoms with Crippen LogP contribution in [0.5, 0.6) is 0 Å². The zero-order valence-electron chi connectivity index (χ0n) is 7.62. The van der Waals surface area contributed by atoms with Crippen molar-refractivity contribution in [2.24, 2.45) is 0 Å². The predicted octanol–water partition coefficient (Wildman–Crippen LogP) is 2.99. The lowest BCUT2D eigenvalue weighted by Crippen LogP contribution is -1.80. The highest BCUT2D eigenvalue weighted by Crippen LogP contribution is 2.25. The normalized spacial score (nSPS) is 10.4. The van der Waals surface area contributed by atoms with E-state index in [2.05, 4.69) is 21.1 Å². The first-order valence-electron chi connectivity index (χ1n) is 4.15. The Balaban J connectivity index is 2.47. The fraction of sp³-hybridized carbons (Fsp3) is 0.100. The van der Waals surface area contributed by atoms with Gasteiger partial charge in [-0.15, -0.1) is 0 Å². The van der Waals surface area contributed by atoms with Crippen molar-refractivity contribution < 1.29 is 4.52 Å². The second kappa shape index (κ2) is 3.46. The lowest BCUT2D eigenvalue weighted by Gasteiger charge is -1.99. The summed E-state index contributed by atoms with van der Waals surface area (Å²) in [5, 5.41) is 3.84. The maximum Gasteiger partial charge on any atom is 0.222 e. The molecule has 0 unspecified atom stereocenters. The van der Waals surface area contributed by atoms with Crippen molar-refractivity contribution in [3.63, 3.8) is 0 Å². The molecule has 1 aromatic heterocycles. The van der Waals surface area contributed by atoms with Gasteiger partial charge in [-0.05, 0) is 24.6 Å². The lowest BCUT2D eigenvalue weighted by atomic mass is 10.1. The Bertz CT molecular complexity index is 465. The molecule has 0 atom stereocenters. The van der Waals surface area contributed by atoms with E-state index in [4.69, 9.17) is 10.3 Å². The number of benzene rings is 1. The Hall–Kier alpha value is -1.29. The Labute approximate surface area is 90.0 Å². The molecule has 0 saturated carbocycles. The molecule has 0 aliphatic carbocycles. The molecule has 1 heterocycles. The molecule has 0 spiro atoms. The third kappa shape index (κ3) is 1.65. The van der Waals surface area contributed by atoms with Crippen LogP contribution < -0.4 is 5.73 Å². The van der Waals surface area contributed by atoms with Crippen molar-refractivity contribution in [2.45, 2.75) is 6.92 Å². The van der Waals surface area contributed by atoms with E-state index in [1.54, 1.807) is 6.07 Å². The van der Waals surface area contributed by atoms with E-state index >= 15 is 0 Å². The predicted molar refractivity (Wildman–Crippen MR) is 58.8 cm³/mol. The summed E-state index contributed by atoms with van der Waals surface area (Å²) in [5.74, 6) is 0.334. The van der Waals surface area contributed by atoms with Crippen molar-refractivity contribution in [1.29, 1.82) is 0 Å². The van der Waals surface area contributed by atoms with Crippen molar-refractivity contribution in [2.75, 3.05) is 5.73 Å². The van der Waals surface area contributed by atoms with E-state index in [9.17, 15) is 0 Å². The number of aromatic nitrogens is 1. The molecule has 0 radical (unpaired) electrons. The maximum absolute atomic E-state index is 5.45. The minimum absolute atomic E-state index is 0.334. The van der Waals surface area contributed by atoms with Crippen LogP contribution in [0.3, 0.4) is 0 Å². The zero-order chi connectivity index (χ0) is 10.1. The monoisotopic (exact) mass is 252 g/mol. The molecule has 3 nitrogen and oxygen atoms in total. The molecule has 0 saturated heterocycles. The van der Waals surface area contributed by atoms with Gasteiger partial charge in [0.05, 0.1) is 0 Å². The topological polar surface area (TPSA) is 52.0 Å². The number of nitrogens with zero attached hydrogens (tertiary/aromatic N) is 1. The number of nitrogens with two attached hydrogens (primary N) is 1. The Kier molecular flexibility index (Phi) is 2.29. The Morgan fingerprint density at radius 2 is 2.14 bits per heavy atom. The van der Waals surface area contributed by atoms with Crippen LogP contribution in [-0.2, 0) is 0 Å². The third-order valence-corrected chi connectivity index (χ3v) is 2.87. The van der Waals surface area contributed by atoms with E-state index in [1.807, 2.05) is 25.1 Å². The first-order chi connectivity index (χ1) is 6.66. The molecular weight excluding hydrogens is 244 g/mol. The largest absolute Gasteiger partial charge is 0.368 e. The van der Waals surface area contributed by atoms with Crippen molar-refractivity contribution >= 4 is 21.8 Å². The summed E-state index contributed by atoms with van der Waals surface area (Å²) in [5.41, 5.74) is 8.37. The number of hydrogen-bond acceptors (Lipinski definition) is 3. The molecule has 0 amide bonds. The van der Waals surface area contributed by atoms with Gasteiger partial charge in [0.15, 0.2) is 0 Å². The molecule has 2 aromatic rings. The minimum atomic E-state index is 0.334. The van der Waals surface area contributed by atoms with Crippen LogP contribution >= 0.6 is 15.9 Å². The highest BCUT2D eigenvalue weighted by molar-refractivity contribution is 9.10. The van der Waals surface area contributed by atoms with E-state index in [0.717, 1.165) is 21.3 Å². The van der Waals surface area contributed by atoms with Gasteiger partial charge in [-0.3, -0.25) is 0 Å². The molecule has 0 aliphatic heterocycles. The SMILES string of the molecule is Cc1cc(-c2cc(N)on2)ccc1Br. The highest BCUT2D eigenvalue weighted by atomic mass is 79.9. The summed E-state index contributed by atoms with van der Waals surface area (Å²) in [6.07, 6.45) is 0. The van der Waals surface area contributed by atoms with Crippen molar-refractivity contribution in [3.05, 3.63) is 34.3 Å². The molecule has 4 heteroatoms. The second-order valence-corrected chi connectivity index (χ2v) is 3.93. The van der Waals surface area contributed by atoms with Crippen LogP contribution in [-0.4, -0.2) is 5.16 Å². The average molecular weight is 253 g/mol. The zero-order valence-corrected chi connectivity index (χ0v) is 9.21. The van der Waals surface area contributed by atoms with Gasteiger partial charge in [-0.25, -0.2) is 0 Å². The average Bonchev–Trinajstić information content (AvgIpc) is 2.57. The quantitative estimate of drug-likeness (QED) is 0.849. The van der Waals surface area contributed by atoms with Crippen LogP contribution in [0.4, 0.5) is 5.88 Å². The summed E-state index contributed by atoms with van der Waals surface area (Å²) >= 11 is 3.44. The summed E-state index contributed by atoms with van der Waals surface area (Å²) in [6.45, 7) is 2.02. The summed E-state index contributed by atoms with van der Waals surface area (Å²) < 4.78 is 5.89. The molecule has 0 aliphatic rings. The van der Waals surface area contributed by atoms with Crippen LogP contribution in [0.1, 0.15) is 5.56 Å². The van der Waals surface area contributed by atoms with Crippen LogP contribution in [0.25, 0.3) is 11.3 Å². The smallest absolute Gasteiger partial charge is 0.222 e. The van der Waals surface area contributed by atoms with E-state index in [1.165, 1.54) is 0 Å². The first kappa shape index (κ1) is 9.27. The number of nitrogen functional groups attached to an aromatic ring is 1. The molecule has 1 aromatic carbocycles. The van der Waals surface area contributed by atoms with Gasteiger partial charge in [0.25, 0.3) is 0 Å². The summed E-state index contributed by atoms with van der Waals surface area (Å²) in [4.78, 5) is 0. The molecule has 72 valence electrons. The standard InChI is InChI=1S/C10H9BrN2O/c1-6-4-7(2-3-8(6)11)9-5-10(12)14-13-9/h2-5H,12H2,1H3. The molecule has 2 N–H and O–H groups in total. The minimum Gasteiger partial charge on any atom is -0.368 e. The van der Waals surface area contributed by atoms with Crippen molar-refractivity contribution in [3.8, 4) is 11.3 Å². The third-order valence-electron chi connectivity index (χ3n) is 1.98. The molecular formula is C10H9BrN2O. The van der Waals surface area contributed by atoms with Gasteiger partial charge < -0.3 is 10.3 Å². The fourth-order valence-corrected chi connectivity index (χ4v) is 1.48. The number of aryl methyl sites for hydroxylation is 1. The highest BCUT2D eigenvalue weighted by Gasteiger charge is 2.05. The summed E-state index contributed by atoms with van der Waals surface area (Å²) in [6, 6.07) is 7.69. The number of halogens is 1. The van der Waals surface area contributed by atoms with Gasteiger partial charge in [0.2, 0.25) is 5.88 Å². The molecule has 2 rings (SSSR count). The van der Waals surface area contributed by atoms with Crippen LogP contribution in [0, 0.1) is 6.92 Å². The summed E-state index contributed by atoms with van der Waals surface area (Å²) in [7, 11) is 0. The van der Waals surface area contributed by atoms with Crippen LogP contribution in [0.2, 0.25) is 0 Å². The maximum atomic E-state index is 5.45. The van der Waals surface area contributed by atoms with Gasteiger partial charge in [0.1, 0.15) is 5.69 Å². The van der Waals surface area contributed by atoms with Crippen molar-refractivity contribution in [1.82, 2.24) is 5.16 Å². The first-order valence-corrected chi connectivity index (χ1v) is 4.95. The van der Waals surface area contributed by atoms with E-state index in [-0.39, 0.29) is 0 Å². The Morgan fingerprint density at radius 1 is 1.36 bits per heavy atom. The van der Waals surface area contributed by atoms with Gasteiger partial charge in [-0.2, -0.15) is 0 Å². The Morgan fingerprint density at radius 3 is 2.71 bits per heavy atom. The lowest BCUT2D eigenvalue weighted by molar-refractivity contribution is 0.439. The van der Waals surface area contributed by atoms with E-state index in [0.29, 0.717) is 5.88 Å². The number of anilines is 1. The number of rotatable bonds is 1. The van der Waals surface area contributed by atoms with Gasteiger partial charge in [-0.1, -0.05) is 27.2 Å². The second-order valence-electron chi connectivity index (χ2n) is 3.08. The number of hydrogen-bond donors (Lipinski definition) is 1. The molecule has 0 fully saturated rings. The van der Waals surface area contributed by atoms with Crippen LogP contribution in [0.15, 0.2) is 33.3 Å². The van der Waals surface area contributed by atoms with E-state index < -0.39 is 0 Å². The fourth-order valence-electron chi connectivity index (χ4n) is 1.23. The molecule has 0 bridgehead atoms. The van der Waals surface area contributed by atoms with Gasteiger partial charge in [0, 0.05) is 16.1 Å². The molecule has 14 heavy (non-hydrogen) atoms. The van der Waals surface area contributed by atoms with Gasteiger partial charge >= 0.3 is 0 Å².